The number of carboxylic acid groups (broad SMARTS) is 1. The van der Waals surface area contributed by atoms with Crippen LogP contribution in [0.5, 0.6) is 0 Å². The van der Waals surface area contributed by atoms with Crippen molar-refractivity contribution in [3.63, 3.8) is 0 Å². The molecule has 3 aromatic carbocycles. The minimum absolute atomic E-state index is 0.0296. The van der Waals surface area contributed by atoms with Crippen molar-refractivity contribution in [3.8, 4) is 0 Å². The number of aryl methyl sites for hydroxylation is 3. The first-order valence-electron chi connectivity index (χ1n) is 12.8. The third kappa shape index (κ3) is 4.50. The Morgan fingerprint density at radius 3 is 2.59 bits per heavy atom. The molecule has 2 heterocycles. The summed E-state index contributed by atoms with van der Waals surface area (Å²) in [5, 5.41) is 18.4. The second kappa shape index (κ2) is 9.81. The molecule has 0 spiro atoms. The van der Waals surface area contributed by atoms with Gasteiger partial charge in [0.2, 0.25) is 0 Å². The summed E-state index contributed by atoms with van der Waals surface area (Å²) in [7, 11) is 0. The van der Waals surface area contributed by atoms with E-state index in [1.54, 1.807) is 0 Å². The van der Waals surface area contributed by atoms with Crippen molar-refractivity contribution in [2.75, 3.05) is 6.54 Å². The van der Waals surface area contributed by atoms with Crippen molar-refractivity contribution in [1.82, 2.24) is 19.9 Å². The molecule has 7 heteroatoms. The molecule has 1 N–H and O–H groups in total. The standard InChI is InChI=1S/C30H32N4O3/c1-5-34-27-12-11-24(20(4)29(27)31-32-34)26(16-28(35)36)22-10-9-21-13-14-33(17-23(21)15-22)30(37)25-8-6-7-18(2)19(25)3/h6-12,15,26H,5,13-14,16-17H2,1-4H3,(H,35,36). The average molecular weight is 497 g/mol. The lowest BCUT2D eigenvalue weighted by Gasteiger charge is -2.30. The molecule has 1 amide bonds. The molecular weight excluding hydrogens is 464 g/mol. The van der Waals surface area contributed by atoms with E-state index in [1.807, 2.05) is 73.7 Å². The first kappa shape index (κ1) is 24.7. The quantitative estimate of drug-likeness (QED) is 0.397. The molecule has 7 nitrogen and oxygen atoms in total. The van der Waals surface area contributed by atoms with E-state index in [-0.39, 0.29) is 18.2 Å². The fourth-order valence-corrected chi connectivity index (χ4v) is 5.50. The van der Waals surface area contributed by atoms with E-state index >= 15 is 0 Å². The van der Waals surface area contributed by atoms with Crippen molar-refractivity contribution in [1.29, 1.82) is 0 Å². The monoisotopic (exact) mass is 496 g/mol. The van der Waals surface area contributed by atoms with Crippen LogP contribution in [0.2, 0.25) is 0 Å². The Labute approximate surface area is 216 Å². The highest BCUT2D eigenvalue weighted by molar-refractivity contribution is 5.96. The topological polar surface area (TPSA) is 88.3 Å². The zero-order valence-electron chi connectivity index (χ0n) is 21.8. The molecule has 0 radical (unpaired) electrons. The number of amides is 1. The zero-order chi connectivity index (χ0) is 26.3. The highest BCUT2D eigenvalue weighted by Crippen LogP contribution is 2.35. The highest BCUT2D eigenvalue weighted by atomic mass is 16.4. The van der Waals surface area contributed by atoms with Crippen LogP contribution in [0.1, 0.15) is 68.6 Å². The Kier molecular flexibility index (Phi) is 6.54. The van der Waals surface area contributed by atoms with E-state index in [4.69, 9.17) is 0 Å². The van der Waals surface area contributed by atoms with Gasteiger partial charge in [-0.3, -0.25) is 9.59 Å². The number of carbonyl (C=O) groups is 2. The van der Waals surface area contributed by atoms with Gasteiger partial charge in [-0.05, 0) is 85.2 Å². The number of aliphatic carboxylic acids is 1. The third-order valence-corrected chi connectivity index (χ3v) is 7.80. The normalized spacial score (nSPS) is 14.0. The smallest absolute Gasteiger partial charge is 0.304 e. The van der Waals surface area contributed by atoms with Gasteiger partial charge in [0.05, 0.1) is 11.9 Å². The molecule has 37 heavy (non-hydrogen) atoms. The van der Waals surface area contributed by atoms with E-state index in [0.717, 1.165) is 62.9 Å². The van der Waals surface area contributed by atoms with Crippen LogP contribution in [0, 0.1) is 20.8 Å². The predicted octanol–water partition coefficient (Wildman–Crippen LogP) is 5.18. The summed E-state index contributed by atoms with van der Waals surface area (Å²) >= 11 is 0. The zero-order valence-corrected chi connectivity index (χ0v) is 21.8. The first-order chi connectivity index (χ1) is 17.8. The minimum atomic E-state index is -0.855. The molecule has 1 atom stereocenters. The second-order valence-electron chi connectivity index (χ2n) is 9.96. The molecule has 0 saturated heterocycles. The van der Waals surface area contributed by atoms with Crippen molar-refractivity contribution in [2.24, 2.45) is 0 Å². The van der Waals surface area contributed by atoms with E-state index in [1.165, 1.54) is 5.56 Å². The molecule has 0 bridgehead atoms. The van der Waals surface area contributed by atoms with Crippen molar-refractivity contribution in [3.05, 3.63) is 93.0 Å². The van der Waals surface area contributed by atoms with Crippen molar-refractivity contribution < 1.29 is 14.7 Å². The van der Waals surface area contributed by atoms with Gasteiger partial charge in [-0.2, -0.15) is 0 Å². The Balaban J connectivity index is 1.50. The van der Waals surface area contributed by atoms with Crippen LogP contribution < -0.4 is 0 Å². The summed E-state index contributed by atoms with van der Waals surface area (Å²) in [4.78, 5) is 27.2. The van der Waals surface area contributed by atoms with Crippen LogP contribution >= 0.6 is 0 Å². The lowest BCUT2D eigenvalue weighted by molar-refractivity contribution is -0.137. The molecular formula is C30H32N4O3. The molecule has 1 aliphatic rings. The Morgan fingerprint density at radius 1 is 1.03 bits per heavy atom. The minimum Gasteiger partial charge on any atom is -0.481 e. The lowest BCUT2D eigenvalue weighted by atomic mass is 9.83. The summed E-state index contributed by atoms with van der Waals surface area (Å²) < 4.78 is 1.85. The Hall–Kier alpha value is -4.00. The number of nitrogens with zero attached hydrogens (tertiary/aromatic N) is 4. The fourth-order valence-electron chi connectivity index (χ4n) is 5.50. The van der Waals surface area contributed by atoms with E-state index in [2.05, 4.69) is 22.4 Å². The number of rotatable bonds is 6. The summed E-state index contributed by atoms with van der Waals surface area (Å²) in [6, 6.07) is 16.1. The molecule has 0 aliphatic carbocycles. The van der Waals surface area contributed by atoms with Crippen LogP contribution in [0.4, 0.5) is 0 Å². The second-order valence-corrected chi connectivity index (χ2v) is 9.96. The molecule has 0 saturated carbocycles. The maximum Gasteiger partial charge on any atom is 0.304 e. The maximum atomic E-state index is 13.4. The average Bonchev–Trinajstić information content (AvgIpc) is 3.32. The van der Waals surface area contributed by atoms with E-state index < -0.39 is 5.97 Å². The van der Waals surface area contributed by atoms with Gasteiger partial charge in [-0.25, -0.2) is 4.68 Å². The number of benzene rings is 3. The predicted molar refractivity (Wildman–Crippen MR) is 143 cm³/mol. The number of hydrogen-bond acceptors (Lipinski definition) is 4. The number of carbonyl (C=O) groups excluding carboxylic acids is 1. The SMILES string of the molecule is CCn1nnc2c(C)c(C(CC(=O)O)c3ccc4c(c3)CN(C(=O)c3cccc(C)c3C)CC4)ccc21. The molecule has 190 valence electrons. The highest BCUT2D eigenvalue weighted by Gasteiger charge is 2.26. The van der Waals surface area contributed by atoms with Gasteiger partial charge in [0.25, 0.3) is 5.91 Å². The molecule has 0 fully saturated rings. The van der Waals surface area contributed by atoms with Gasteiger partial charge in [0, 0.05) is 31.1 Å². The van der Waals surface area contributed by atoms with Crippen LogP contribution in [0.25, 0.3) is 11.0 Å². The van der Waals surface area contributed by atoms with Crippen LogP contribution in [-0.4, -0.2) is 43.4 Å². The van der Waals surface area contributed by atoms with Crippen LogP contribution in [0.15, 0.2) is 48.5 Å². The summed E-state index contributed by atoms with van der Waals surface area (Å²) in [6.45, 7) is 9.92. The third-order valence-electron chi connectivity index (χ3n) is 7.80. The number of carboxylic acids is 1. The fraction of sp³-hybridized carbons (Fsp3) is 0.333. The van der Waals surface area contributed by atoms with Crippen LogP contribution in [-0.2, 0) is 24.3 Å². The summed E-state index contributed by atoms with van der Waals surface area (Å²) in [6.07, 6.45) is 0.749. The van der Waals surface area contributed by atoms with Gasteiger partial charge < -0.3 is 10.0 Å². The number of hydrogen-bond donors (Lipinski definition) is 1. The molecule has 1 unspecified atom stereocenters. The van der Waals surface area contributed by atoms with Gasteiger partial charge in [-0.1, -0.05) is 41.6 Å². The van der Waals surface area contributed by atoms with Gasteiger partial charge in [0.15, 0.2) is 0 Å². The van der Waals surface area contributed by atoms with Crippen molar-refractivity contribution in [2.45, 2.75) is 59.5 Å². The molecule has 1 aliphatic heterocycles. The Morgan fingerprint density at radius 2 is 1.84 bits per heavy atom. The molecule has 4 aromatic rings. The molecule has 1 aromatic heterocycles. The largest absolute Gasteiger partial charge is 0.481 e. The number of fused-ring (bicyclic) bond motifs is 2. The van der Waals surface area contributed by atoms with Crippen LogP contribution in [0.3, 0.4) is 0 Å². The van der Waals surface area contributed by atoms with Gasteiger partial charge in [0.1, 0.15) is 5.52 Å². The molecule has 5 rings (SSSR count). The number of aromatic nitrogens is 3. The van der Waals surface area contributed by atoms with E-state index in [0.29, 0.717) is 13.1 Å². The van der Waals surface area contributed by atoms with Crippen molar-refractivity contribution >= 4 is 22.9 Å². The summed E-state index contributed by atoms with van der Waals surface area (Å²) in [5.74, 6) is -1.14. The van der Waals surface area contributed by atoms with Gasteiger partial charge in [-0.15, -0.1) is 5.10 Å². The summed E-state index contributed by atoms with van der Waals surface area (Å²) in [5.41, 5.74) is 9.73. The first-order valence-corrected chi connectivity index (χ1v) is 12.8. The lowest BCUT2D eigenvalue weighted by Crippen LogP contribution is -2.36. The van der Waals surface area contributed by atoms with Gasteiger partial charge >= 0.3 is 5.97 Å². The maximum absolute atomic E-state index is 13.4. The van der Waals surface area contributed by atoms with E-state index in [9.17, 15) is 14.7 Å². The Bertz CT molecular complexity index is 1520.